The second kappa shape index (κ2) is 6.20. The maximum Gasteiger partial charge on any atom is 0.336 e. The zero-order valence-corrected chi connectivity index (χ0v) is 13.3. The van der Waals surface area contributed by atoms with E-state index in [4.69, 9.17) is 21.1 Å². The van der Waals surface area contributed by atoms with Crippen LogP contribution in [-0.4, -0.2) is 49.7 Å². The van der Waals surface area contributed by atoms with E-state index in [2.05, 4.69) is 4.90 Å². The van der Waals surface area contributed by atoms with Gasteiger partial charge >= 0.3 is 11.9 Å². The van der Waals surface area contributed by atoms with Crippen molar-refractivity contribution >= 4 is 23.5 Å². The van der Waals surface area contributed by atoms with Crippen LogP contribution in [-0.2, 0) is 19.1 Å². The van der Waals surface area contributed by atoms with Gasteiger partial charge in [0.15, 0.2) is 0 Å². The fourth-order valence-corrected chi connectivity index (χ4v) is 3.40. The standard InChI is InChI=1S/C15H20ClNO4/c1-4-10(16)8-15-6-5-7-17(15)9-11(13(18)20-2)12(15)14(19)21-3/h8H,4-7,9H2,1-3H3/b10-8-. The van der Waals surface area contributed by atoms with Crippen LogP contribution in [0.4, 0.5) is 0 Å². The first kappa shape index (κ1) is 16.0. The lowest BCUT2D eigenvalue weighted by atomic mass is 9.86. The molecular weight excluding hydrogens is 294 g/mol. The Morgan fingerprint density at radius 1 is 1.33 bits per heavy atom. The number of hydrogen-bond acceptors (Lipinski definition) is 5. The van der Waals surface area contributed by atoms with Gasteiger partial charge in [0, 0.05) is 11.6 Å². The Labute approximate surface area is 129 Å². The van der Waals surface area contributed by atoms with Crippen molar-refractivity contribution in [3.63, 3.8) is 0 Å². The van der Waals surface area contributed by atoms with E-state index >= 15 is 0 Å². The Bertz CT molecular complexity index is 526. The average Bonchev–Trinajstić information content (AvgIpc) is 3.00. The molecule has 6 heteroatoms. The lowest BCUT2D eigenvalue weighted by molar-refractivity contribution is -0.139. The number of halogens is 1. The molecule has 2 aliphatic rings. The summed E-state index contributed by atoms with van der Waals surface area (Å²) in [6.45, 7) is 3.15. The molecule has 1 saturated heterocycles. The van der Waals surface area contributed by atoms with Crippen LogP contribution in [0, 0.1) is 0 Å². The molecule has 0 bridgehead atoms. The smallest absolute Gasteiger partial charge is 0.336 e. The van der Waals surface area contributed by atoms with Gasteiger partial charge in [-0.1, -0.05) is 18.5 Å². The molecule has 0 aromatic heterocycles. The molecule has 0 aromatic rings. The fourth-order valence-electron chi connectivity index (χ4n) is 3.22. The third-order valence-corrected chi connectivity index (χ3v) is 4.56. The summed E-state index contributed by atoms with van der Waals surface area (Å²) in [5.74, 6) is -0.971. The summed E-state index contributed by atoms with van der Waals surface area (Å²) in [4.78, 5) is 26.4. The maximum absolute atomic E-state index is 12.3. The topological polar surface area (TPSA) is 55.8 Å². The SMILES string of the molecule is CC/C(Cl)=C/C12CCCN1CC(C(=O)OC)=C2C(=O)OC. The van der Waals surface area contributed by atoms with E-state index in [1.165, 1.54) is 14.2 Å². The van der Waals surface area contributed by atoms with Crippen molar-refractivity contribution in [3.8, 4) is 0 Å². The highest BCUT2D eigenvalue weighted by Crippen LogP contribution is 2.45. The van der Waals surface area contributed by atoms with Gasteiger partial charge in [0.25, 0.3) is 0 Å². The number of nitrogens with zero attached hydrogens (tertiary/aromatic N) is 1. The first-order valence-corrected chi connectivity index (χ1v) is 7.40. The second-order valence-corrected chi connectivity index (χ2v) is 5.72. The van der Waals surface area contributed by atoms with Crippen molar-refractivity contribution in [2.45, 2.75) is 31.7 Å². The van der Waals surface area contributed by atoms with Gasteiger partial charge in [-0.25, -0.2) is 9.59 Å². The molecule has 116 valence electrons. The minimum absolute atomic E-state index is 0.376. The summed E-state index contributed by atoms with van der Waals surface area (Å²) in [5.41, 5.74) is 0.116. The van der Waals surface area contributed by atoms with Crippen molar-refractivity contribution < 1.29 is 19.1 Å². The number of ether oxygens (including phenoxy) is 2. The summed E-state index contributed by atoms with van der Waals surface area (Å²) in [6, 6.07) is 0. The number of carbonyl (C=O) groups is 2. The number of rotatable bonds is 4. The Hall–Kier alpha value is -1.33. The number of esters is 2. The van der Waals surface area contributed by atoms with Gasteiger partial charge in [-0.3, -0.25) is 4.90 Å². The molecule has 0 amide bonds. The predicted molar refractivity (Wildman–Crippen MR) is 78.8 cm³/mol. The minimum Gasteiger partial charge on any atom is -0.466 e. The van der Waals surface area contributed by atoms with Crippen molar-refractivity contribution in [1.82, 2.24) is 4.90 Å². The van der Waals surface area contributed by atoms with Gasteiger partial charge < -0.3 is 9.47 Å². The van der Waals surface area contributed by atoms with E-state index in [0.29, 0.717) is 29.1 Å². The molecule has 0 aromatic carbocycles. The highest BCUT2D eigenvalue weighted by atomic mass is 35.5. The minimum atomic E-state index is -0.635. The van der Waals surface area contributed by atoms with Crippen LogP contribution in [0.15, 0.2) is 22.3 Å². The number of methoxy groups -OCH3 is 2. The quantitative estimate of drug-likeness (QED) is 0.743. The number of allylic oxidation sites excluding steroid dienone is 1. The summed E-state index contributed by atoms with van der Waals surface area (Å²) < 4.78 is 9.72. The molecule has 2 heterocycles. The molecule has 1 unspecified atom stereocenters. The molecule has 1 fully saturated rings. The van der Waals surface area contributed by atoms with E-state index in [0.717, 1.165) is 19.4 Å². The zero-order valence-electron chi connectivity index (χ0n) is 12.6. The zero-order chi connectivity index (χ0) is 15.6. The van der Waals surface area contributed by atoms with Gasteiger partial charge in [-0.05, 0) is 31.9 Å². The second-order valence-electron chi connectivity index (χ2n) is 5.23. The van der Waals surface area contributed by atoms with Gasteiger partial charge in [0.2, 0.25) is 0 Å². The van der Waals surface area contributed by atoms with Crippen LogP contribution in [0.2, 0.25) is 0 Å². The third kappa shape index (κ3) is 2.60. The molecule has 0 spiro atoms. The molecule has 1 atom stereocenters. The lowest BCUT2D eigenvalue weighted by Crippen LogP contribution is -2.41. The van der Waals surface area contributed by atoms with Crippen molar-refractivity contribution in [1.29, 1.82) is 0 Å². The third-order valence-electron chi connectivity index (χ3n) is 4.19. The van der Waals surface area contributed by atoms with Gasteiger partial charge in [-0.2, -0.15) is 0 Å². The maximum atomic E-state index is 12.3. The summed E-state index contributed by atoms with van der Waals surface area (Å²) in [6.07, 6.45) is 4.26. The molecule has 5 nitrogen and oxygen atoms in total. The molecular formula is C15H20ClNO4. The highest BCUT2D eigenvalue weighted by Gasteiger charge is 2.53. The molecule has 2 rings (SSSR count). The van der Waals surface area contributed by atoms with E-state index in [-0.39, 0.29) is 0 Å². The molecule has 2 aliphatic heterocycles. The van der Waals surface area contributed by atoms with Crippen LogP contribution in [0.3, 0.4) is 0 Å². The van der Waals surface area contributed by atoms with Crippen molar-refractivity contribution in [2.24, 2.45) is 0 Å². The van der Waals surface area contributed by atoms with Crippen molar-refractivity contribution in [2.75, 3.05) is 27.3 Å². The Morgan fingerprint density at radius 2 is 2.00 bits per heavy atom. The predicted octanol–water partition coefficient (Wildman–Crippen LogP) is 2.01. The van der Waals surface area contributed by atoms with E-state index < -0.39 is 17.5 Å². The number of hydrogen-bond donors (Lipinski definition) is 0. The van der Waals surface area contributed by atoms with Crippen molar-refractivity contribution in [3.05, 3.63) is 22.3 Å². The van der Waals surface area contributed by atoms with E-state index in [9.17, 15) is 9.59 Å². The molecule has 0 radical (unpaired) electrons. The first-order valence-electron chi connectivity index (χ1n) is 7.02. The number of fused-ring (bicyclic) bond motifs is 1. The molecule has 0 N–H and O–H groups in total. The van der Waals surface area contributed by atoms with Crippen LogP contribution in [0.25, 0.3) is 0 Å². The van der Waals surface area contributed by atoms with Crippen LogP contribution in [0.5, 0.6) is 0 Å². The average molecular weight is 314 g/mol. The van der Waals surface area contributed by atoms with Gasteiger partial charge in [0.1, 0.15) is 0 Å². The molecule has 0 aliphatic carbocycles. The normalized spacial score (nSPS) is 26.0. The largest absolute Gasteiger partial charge is 0.466 e. The Kier molecular flexibility index (Phi) is 4.74. The van der Waals surface area contributed by atoms with Crippen LogP contribution in [0.1, 0.15) is 26.2 Å². The number of carbonyl (C=O) groups excluding carboxylic acids is 2. The van der Waals surface area contributed by atoms with Gasteiger partial charge in [0.05, 0.1) is 30.9 Å². The van der Waals surface area contributed by atoms with Crippen LogP contribution < -0.4 is 0 Å². The van der Waals surface area contributed by atoms with Gasteiger partial charge in [-0.15, -0.1) is 0 Å². The van der Waals surface area contributed by atoms with E-state index in [1.807, 2.05) is 13.0 Å². The summed E-state index contributed by atoms with van der Waals surface area (Å²) in [7, 11) is 2.63. The molecule has 21 heavy (non-hydrogen) atoms. The molecule has 0 saturated carbocycles. The monoisotopic (exact) mass is 313 g/mol. The highest BCUT2D eigenvalue weighted by molar-refractivity contribution is 6.29. The summed E-state index contributed by atoms with van der Waals surface area (Å²) >= 11 is 6.22. The van der Waals surface area contributed by atoms with Crippen LogP contribution >= 0.6 is 11.6 Å². The van der Waals surface area contributed by atoms with E-state index in [1.54, 1.807) is 0 Å². The Balaban J connectivity index is 2.59. The first-order chi connectivity index (χ1) is 10.00. The Morgan fingerprint density at radius 3 is 2.57 bits per heavy atom. The fraction of sp³-hybridized carbons (Fsp3) is 0.600. The lowest BCUT2D eigenvalue weighted by Gasteiger charge is -2.31. The summed E-state index contributed by atoms with van der Waals surface area (Å²) in [5, 5.41) is 0.675.